The van der Waals surface area contributed by atoms with Crippen molar-refractivity contribution in [1.29, 1.82) is 0 Å². The minimum Gasteiger partial charge on any atom is -0.331 e. The Labute approximate surface area is 147 Å². The molecule has 2 amide bonds. The molecule has 4 nitrogen and oxygen atoms in total. The van der Waals surface area contributed by atoms with Crippen LogP contribution in [-0.2, 0) is 0 Å². The molecule has 1 aliphatic heterocycles. The molecule has 140 valence electrons. The Hall–Kier alpha value is -1.76. The van der Waals surface area contributed by atoms with Gasteiger partial charge < -0.3 is 10.2 Å². The SMILES string of the molecule is CCCC(NC(=O)N1CCCN(CC(F)(F)F)CC1)c1ccccc1. The smallest absolute Gasteiger partial charge is 0.331 e. The summed E-state index contributed by atoms with van der Waals surface area (Å²) in [6.45, 7) is 2.55. The summed E-state index contributed by atoms with van der Waals surface area (Å²) in [6.07, 6.45) is -1.90. The maximum absolute atomic E-state index is 12.6. The van der Waals surface area contributed by atoms with E-state index in [9.17, 15) is 18.0 Å². The third-order valence-electron chi connectivity index (χ3n) is 4.36. The number of nitrogens with one attached hydrogen (secondary N) is 1. The van der Waals surface area contributed by atoms with Gasteiger partial charge in [0.2, 0.25) is 0 Å². The maximum Gasteiger partial charge on any atom is 0.401 e. The molecule has 0 aromatic heterocycles. The number of rotatable bonds is 5. The first-order chi connectivity index (χ1) is 11.9. The number of carbonyl (C=O) groups is 1. The van der Waals surface area contributed by atoms with Crippen LogP contribution in [0.4, 0.5) is 18.0 Å². The number of nitrogens with zero attached hydrogens (tertiary/aromatic N) is 2. The second-order valence-electron chi connectivity index (χ2n) is 6.43. The summed E-state index contributed by atoms with van der Waals surface area (Å²) < 4.78 is 37.6. The number of hydrogen-bond donors (Lipinski definition) is 1. The lowest BCUT2D eigenvalue weighted by Gasteiger charge is -2.26. The van der Waals surface area contributed by atoms with Crippen molar-refractivity contribution in [2.24, 2.45) is 0 Å². The Bertz CT molecular complexity index is 536. The standard InChI is InChI=1S/C18H26F3N3O/c1-2-7-16(15-8-4-3-5-9-15)22-17(25)24-11-6-10-23(12-13-24)14-18(19,20)21/h3-5,8-9,16H,2,6-7,10-14H2,1H3,(H,22,25). The molecule has 0 bridgehead atoms. The largest absolute Gasteiger partial charge is 0.401 e. The Kier molecular flexibility index (Phi) is 7.11. The number of alkyl halides is 3. The number of urea groups is 1. The topological polar surface area (TPSA) is 35.6 Å². The van der Waals surface area contributed by atoms with Crippen LogP contribution in [0.25, 0.3) is 0 Å². The summed E-state index contributed by atoms with van der Waals surface area (Å²) in [5.74, 6) is 0. The minimum atomic E-state index is -4.20. The van der Waals surface area contributed by atoms with E-state index in [2.05, 4.69) is 12.2 Å². The molecule has 1 N–H and O–H groups in total. The van der Waals surface area contributed by atoms with E-state index < -0.39 is 12.7 Å². The van der Waals surface area contributed by atoms with Crippen molar-refractivity contribution in [2.45, 2.75) is 38.4 Å². The van der Waals surface area contributed by atoms with Crippen molar-refractivity contribution < 1.29 is 18.0 Å². The van der Waals surface area contributed by atoms with Gasteiger partial charge in [0.25, 0.3) is 0 Å². The van der Waals surface area contributed by atoms with Crippen LogP contribution in [0, 0.1) is 0 Å². The average molecular weight is 357 g/mol. The molecule has 1 aliphatic rings. The zero-order valence-electron chi connectivity index (χ0n) is 14.6. The highest BCUT2D eigenvalue weighted by molar-refractivity contribution is 5.74. The second-order valence-corrected chi connectivity index (χ2v) is 6.43. The van der Waals surface area contributed by atoms with E-state index in [4.69, 9.17) is 0 Å². The van der Waals surface area contributed by atoms with E-state index in [0.29, 0.717) is 26.1 Å². The summed E-state index contributed by atoms with van der Waals surface area (Å²) in [5, 5.41) is 3.04. The van der Waals surface area contributed by atoms with Gasteiger partial charge in [0.05, 0.1) is 12.6 Å². The van der Waals surface area contributed by atoms with E-state index in [0.717, 1.165) is 18.4 Å². The van der Waals surface area contributed by atoms with E-state index in [1.807, 2.05) is 30.3 Å². The predicted molar refractivity (Wildman–Crippen MR) is 91.3 cm³/mol. The molecule has 2 rings (SSSR count). The Morgan fingerprint density at radius 3 is 2.52 bits per heavy atom. The number of halogens is 3. The molecule has 7 heteroatoms. The highest BCUT2D eigenvalue weighted by Crippen LogP contribution is 2.20. The minimum absolute atomic E-state index is 0.0757. The normalized spacial score (nSPS) is 17.8. The fourth-order valence-corrected chi connectivity index (χ4v) is 3.12. The molecule has 1 aromatic carbocycles. The monoisotopic (exact) mass is 357 g/mol. The number of carbonyl (C=O) groups excluding carboxylic acids is 1. The van der Waals surface area contributed by atoms with Crippen molar-refractivity contribution in [2.75, 3.05) is 32.7 Å². The molecule has 1 heterocycles. The van der Waals surface area contributed by atoms with Crippen LogP contribution in [0.1, 0.15) is 37.8 Å². The molecule has 1 aromatic rings. The molecular weight excluding hydrogens is 331 g/mol. The highest BCUT2D eigenvalue weighted by atomic mass is 19.4. The highest BCUT2D eigenvalue weighted by Gasteiger charge is 2.32. The first-order valence-corrected chi connectivity index (χ1v) is 8.78. The van der Waals surface area contributed by atoms with Crippen molar-refractivity contribution in [3.05, 3.63) is 35.9 Å². The van der Waals surface area contributed by atoms with Gasteiger partial charge in [-0.05, 0) is 18.4 Å². The average Bonchev–Trinajstić information content (AvgIpc) is 2.79. The number of amides is 2. The van der Waals surface area contributed by atoms with Crippen LogP contribution in [0.3, 0.4) is 0 Å². The van der Waals surface area contributed by atoms with Crippen LogP contribution in [0.15, 0.2) is 30.3 Å². The molecule has 1 saturated heterocycles. The maximum atomic E-state index is 12.6. The third kappa shape index (κ3) is 6.57. The van der Waals surface area contributed by atoms with Gasteiger partial charge >= 0.3 is 12.2 Å². The summed E-state index contributed by atoms with van der Waals surface area (Å²) in [5.41, 5.74) is 1.05. The molecule has 1 unspecified atom stereocenters. The van der Waals surface area contributed by atoms with Crippen LogP contribution in [0.2, 0.25) is 0 Å². The van der Waals surface area contributed by atoms with Crippen molar-refractivity contribution in [3.63, 3.8) is 0 Å². The Balaban J connectivity index is 1.93. The number of hydrogen-bond acceptors (Lipinski definition) is 2. The molecule has 0 saturated carbocycles. The zero-order valence-corrected chi connectivity index (χ0v) is 14.6. The third-order valence-corrected chi connectivity index (χ3v) is 4.36. The Morgan fingerprint density at radius 1 is 1.16 bits per heavy atom. The van der Waals surface area contributed by atoms with Crippen molar-refractivity contribution >= 4 is 6.03 Å². The molecular formula is C18H26F3N3O. The second kappa shape index (κ2) is 9.08. The lowest BCUT2D eigenvalue weighted by molar-refractivity contribution is -0.145. The molecule has 0 spiro atoms. The first-order valence-electron chi connectivity index (χ1n) is 8.78. The van der Waals surface area contributed by atoms with Gasteiger partial charge in [0.15, 0.2) is 0 Å². The summed E-state index contributed by atoms with van der Waals surface area (Å²) in [7, 11) is 0. The van der Waals surface area contributed by atoms with Crippen molar-refractivity contribution in [1.82, 2.24) is 15.1 Å². The summed E-state index contributed by atoms with van der Waals surface area (Å²) >= 11 is 0. The molecule has 1 atom stereocenters. The van der Waals surface area contributed by atoms with Gasteiger partial charge in [0, 0.05) is 26.2 Å². The molecule has 0 radical (unpaired) electrons. The van der Waals surface area contributed by atoms with Gasteiger partial charge in [-0.3, -0.25) is 4.90 Å². The first kappa shape index (κ1) is 19.6. The van der Waals surface area contributed by atoms with Gasteiger partial charge in [-0.25, -0.2) is 4.79 Å². The van der Waals surface area contributed by atoms with E-state index in [1.165, 1.54) is 4.90 Å². The molecule has 25 heavy (non-hydrogen) atoms. The molecule has 0 aliphatic carbocycles. The fraction of sp³-hybridized carbons (Fsp3) is 0.611. The van der Waals surface area contributed by atoms with Crippen LogP contribution < -0.4 is 5.32 Å². The summed E-state index contributed by atoms with van der Waals surface area (Å²) in [4.78, 5) is 15.6. The Morgan fingerprint density at radius 2 is 1.88 bits per heavy atom. The quantitative estimate of drug-likeness (QED) is 0.870. The van der Waals surface area contributed by atoms with E-state index >= 15 is 0 Å². The van der Waals surface area contributed by atoms with Gasteiger partial charge in [0.1, 0.15) is 0 Å². The number of benzene rings is 1. The summed E-state index contributed by atoms with van der Waals surface area (Å²) in [6, 6.07) is 9.49. The molecule has 1 fully saturated rings. The predicted octanol–water partition coefficient (Wildman–Crippen LogP) is 3.81. The van der Waals surface area contributed by atoms with Crippen LogP contribution >= 0.6 is 0 Å². The van der Waals surface area contributed by atoms with Gasteiger partial charge in [-0.15, -0.1) is 0 Å². The lowest BCUT2D eigenvalue weighted by Crippen LogP contribution is -2.44. The lowest BCUT2D eigenvalue weighted by atomic mass is 10.0. The van der Waals surface area contributed by atoms with Crippen molar-refractivity contribution in [3.8, 4) is 0 Å². The van der Waals surface area contributed by atoms with Gasteiger partial charge in [-0.2, -0.15) is 13.2 Å². The van der Waals surface area contributed by atoms with Crippen LogP contribution in [0.5, 0.6) is 0 Å². The fourth-order valence-electron chi connectivity index (χ4n) is 3.12. The zero-order chi connectivity index (χ0) is 18.3. The van der Waals surface area contributed by atoms with Gasteiger partial charge in [-0.1, -0.05) is 43.7 Å². The van der Waals surface area contributed by atoms with E-state index in [-0.39, 0.29) is 18.6 Å². The van der Waals surface area contributed by atoms with E-state index in [1.54, 1.807) is 4.90 Å². The van der Waals surface area contributed by atoms with Crippen LogP contribution in [-0.4, -0.2) is 54.7 Å².